The first kappa shape index (κ1) is 19.6. The Morgan fingerprint density at radius 1 is 1.00 bits per heavy atom. The molecule has 0 aliphatic rings. The summed E-state index contributed by atoms with van der Waals surface area (Å²) >= 11 is 0. The van der Waals surface area contributed by atoms with Crippen LogP contribution in [0, 0.1) is 10.1 Å². The summed E-state index contributed by atoms with van der Waals surface area (Å²) in [7, 11) is 0. The number of benzene rings is 3. The average molecular weight is 413 g/mol. The van der Waals surface area contributed by atoms with Crippen molar-refractivity contribution in [1.29, 1.82) is 0 Å². The standard InChI is InChI=1S/C22H15N5O4/c28-21(24-23-14-15-7-6-10-17(13-15)27(30)31)20-18-11-4-5-12-19(18)22(29)26(25-20)16-8-2-1-3-9-16/h1-14H,(H,24,28)/b23-14-. The number of para-hydroxylation sites is 1. The predicted octanol–water partition coefficient (Wildman–Crippen LogP) is 3.06. The highest BCUT2D eigenvalue weighted by atomic mass is 16.6. The fourth-order valence-corrected chi connectivity index (χ4v) is 3.04. The van der Waals surface area contributed by atoms with Crippen molar-refractivity contribution in [3.63, 3.8) is 0 Å². The lowest BCUT2D eigenvalue weighted by Crippen LogP contribution is -2.28. The summed E-state index contributed by atoms with van der Waals surface area (Å²) in [6, 6.07) is 21.3. The molecule has 1 heterocycles. The third-order valence-electron chi connectivity index (χ3n) is 4.48. The second kappa shape index (κ2) is 8.37. The number of aromatic nitrogens is 2. The molecule has 0 saturated heterocycles. The van der Waals surface area contributed by atoms with Crippen LogP contribution in [-0.4, -0.2) is 26.8 Å². The maximum absolute atomic E-state index is 12.9. The number of carbonyl (C=O) groups excluding carboxylic acids is 1. The molecule has 3 aromatic carbocycles. The number of nitrogens with zero attached hydrogens (tertiary/aromatic N) is 4. The topological polar surface area (TPSA) is 119 Å². The number of non-ortho nitro benzene ring substituents is 1. The molecule has 152 valence electrons. The van der Waals surface area contributed by atoms with E-state index in [1.165, 1.54) is 29.1 Å². The number of hydrogen-bond donors (Lipinski definition) is 1. The number of nitro groups is 1. The van der Waals surface area contributed by atoms with Gasteiger partial charge in [-0.2, -0.15) is 14.9 Å². The first-order chi connectivity index (χ1) is 15.0. The predicted molar refractivity (Wildman–Crippen MR) is 115 cm³/mol. The number of nitro benzene ring substituents is 1. The highest BCUT2D eigenvalue weighted by molar-refractivity contribution is 6.05. The van der Waals surface area contributed by atoms with Crippen molar-refractivity contribution in [3.8, 4) is 5.69 Å². The molecule has 0 aliphatic heterocycles. The largest absolute Gasteiger partial charge is 0.292 e. The second-order valence-corrected chi connectivity index (χ2v) is 6.50. The van der Waals surface area contributed by atoms with E-state index in [0.29, 0.717) is 22.0 Å². The number of carbonyl (C=O) groups is 1. The van der Waals surface area contributed by atoms with Gasteiger partial charge in [0.05, 0.1) is 22.2 Å². The Hall–Kier alpha value is -4.66. The summed E-state index contributed by atoms with van der Waals surface area (Å²) in [4.78, 5) is 36.0. The van der Waals surface area contributed by atoms with Gasteiger partial charge in [0.2, 0.25) is 0 Å². The van der Waals surface area contributed by atoms with Gasteiger partial charge in [-0.3, -0.25) is 19.7 Å². The summed E-state index contributed by atoms with van der Waals surface area (Å²) in [6.45, 7) is 0. The Bertz CT molecular complexity index is 1380. The van der Waals surface area contributed by atoms with Crippen LogP contribution in [0.25, 0.3) is 16.5 Å². The summed E-state index contributed by atoms with van der Waals surface area (Å²) < 4.78 is 1.17. The van der Waals surface area contributed by atoms with Gasteiger partial charge in [0, 0.05) is 23.1 Å². The van der Waals surface area contributed by atoms with E-state index >= 15 is 0 Å². The number of hydrogen-bond acceptors (Lipinski definition) is 6. The monoisotopic (exact) mass is 413 g/mol. The lowest BCUT2D eigenvalue weighted by atomic mass is 10.1. The molecule has 1 amide bonds. The normalized spacial score (nSPS) is 11.0. The van der Waals surface area contributed by atoms with Crippen molar-refractivity contribution >= 4 is 28.6 Å². The van der Waals surface area contributed by atoms with Crippen LogP contribution in [0.4, 0.5) is 5.69 Å². The molecule has 9 heteroatoms. The molecule has 31 heavy (non-hydrogen) atoms. The molecule has 1 aromatic heterocycles. The van der Waals surface area contributed by atoms with Crippen molar-refractivity contribution in [1.82, 2.24) is 15.2 Å². The lowest BCUT2D eigenvalue weighted by molar-refractivity contribution is -0.384. The molecular weight excluding hydrogens is 398 g/mol. The highest BCUT2D eigenvalue weighted by Gasteiger charge is 2.17. The van der Waals surface area contributed by atoms with Crippen LogP contribution in [0.3, 0.4) is 0 Å². The first-order valence-corrected chi connectivity index (χ1v) is 9.20. The van der Waals surface area contributed by atoms with Crippen LogP contribution in [0.5, 0.6) is 0 Å². The molecule has 0 spiro atoms. The zero-order valence-corrected chi connectivity index (χ0v) is 16.0. The molecule has 0 bridgehead atoms. The Morgan fingerprint density at radius 3 is 2.45 bits per heavy atom. The van der Waals surface area contributed by atoms with Gasteiger partial charge < -0.3 is 0 Å². The van der Waals surface area contributed by atoms with Crippen LogP contribution < -0.4 is 11.0 Å². The minimum absolute atomic E-state index is 0.0234. The Kier molecular flexibility index (Phi) is 5.31. The molecule has 9 nitrogen and oxygen atoms in total. The van der Waals surface area contributed by atoms with Gasteiger partial charge in [0.1, 0.15) is 0 Å². The van der Waals surface area contributed by atoms with E-state index in [-0.39, 0.29) is 16.9 Å². The minimum Gasteiger partial charge on any atom is -0.267 e. The van der Waals surface area contributed by atoms with E-state index in [2.05, 4.69) is 15.6 Å². The van der Waals surface area contributed by atoms with Crippen molar-refractivity contribution in [2.45, 2.75) is 0 Å². The Labute approximate surface area is 175 Å². The van der Waals surface area contributed by atoms with Crippen molar-refractivity contribution in [2.24, 2.45) is 5.10 Å². The molecule has 0 fully saturated rings. The van der Waals surface area contributed by atoms with Crippen LogP contribution in [0.2, 0.25) is 0 Å². The maximum atomic E-state index is 12.9. The van der Waals surface area contributed by atoms with E-state index in [0.717, 1.165) is 0 Å². The van der Waals surface area contributed by atoms with E-state index in [1.54, 1.807) is 54.6 Å². The zero-order chi connectivity index (χ0) is 21.8. The van der Waals surface area contributed by atoms with Crippen LogP contribution >= 0.6 is 0 Å². The van der Waals surface area contributed by atoms with E-state index in [9.17, 15) is 19.7 Å². The van der Waals surface area contributed by atoms with Crippen LogP contribution in [0.15, 0.2) is 88.8 Å². The molecule has 0 atom stereocenters. The third-order valence-corrected chi connectivity index (χ3v) is 4.48. The van der Waals surface area contributed by atoms with Gasteiger partial charge in [-0.05, 0) is 18.2 Å². The van der Waals surface area contributed by atoms with E-state index in [1.807, 2.05) is 6.07 Å². The number of nitrogens with one attached hydrogen (secondary N) is 1. The number of rotatable bonds is 5. The van der Waals surface area contributed by atoms with Crippen molar-refractivity contribution in [2.75, 3.05) is 0 Å². The quantitative estimate of drug-likeness (QED) is 0.306. The first-order valence-electron chi connectivity index (χ1n) is 9.20. The third kappa shape index (κ3) is 4.06. The summed E-state index contributed by atoms with van der Waals surface area (Å²) in [5.74, 6) is -0.623. The SMILES string of the molecule is O=C(N/N=C\c1cccc([N+](=O)[O-])c1)c1nn(-c2ccccc2)c(=O)c2ccccc12. The summed E-state index contributed by atoms with van der Waals surface area (Å²) in [5.41, 5.74) is 2.93. The average Bonchev–Trinajstić information content (AvgIpc) is 2.80. The molecular formula is C22H15N5O4. The molecule has 4 rings (SSSR count). The fraction of sp³-hybridized carbons (Fsp3) is 0. The number of hydrazone groups is 1. The number of amides is 1. The van der Waals surface area contributed by atoms with Gasteiger partial charge in [-0.1, -0.05) is 48.5 Å². The van der Waals surface area contributed by atoms with Crippen LogP contribution in [0.1, 0.15) is 16.1 Å². The maximum Gasteiger partial charge on any atom is 0.292 e. The van der Waals surface area contributed by atoms with Gasteiger partial charge in [-0.25, -0.2) is 5.43 Å². The number of fused-ring (bicyclic) bond motifs is 1. The Morgan fingerprint density at radius 2 is 1.71 bits per heavy atom. The lowest BCUT2D eigenvalue weighted by Gasteiger charge is -2.10. The molecule has 0 unspecified atom stereocenters. The molecule has 0 radical (unpaired) electrons. The van der Waals surface area contributed by atoms with E-state index in [4.69, 9.17) is 0 Å². The molecule has 1 N–H and O–H groups in total. The van der Waals surface area contributed by atoms with Gasteiger partial charge >= 0.3 is 0 Å². The minimum atomic E-state index is -0.623. The summed E-state index contributed by atoms with van der Waals surface area (Å²) in [6.07, 6.45) is 1.29. The highest BCUT2D eigenvalue weighted by Crippen LogP contribution is 2.15. The Balaban J connectivity index is 1.69. The fourth-order valence-electron chi connectivity index (χ4n) is 3.04. The van der Waals surface area contributed by atoms with Gasteiger partial charge in [0.25, 0.3) is 17.2 Å². The summed E-state index contributed by atoms with van der Waals surface area (Å²) in [5, 5.41) is 19.7. The van der Waals surface area contributed by atoms with Gasteiger partial charge in [-0.15, -0.1) is 0 Å². The molecule has 4 aromatic rings. The molecule has 0 saturated carbocycles. The molecule has 0 aliphatic carbocycles. The van der Waals surface area contributed by atoms with Crippen LogP contribution in [-0.2, 0) is 0 Å². The second-order valence-electron chi connectivity index (χ2n) is 6.50. The van der Waals surface area contributed by atoms with Gasteiger partial charge in [0.15, 0.2) is 5.69 Å². The van der Waals surface area contributed by atoms with E-state index < -0.39 is 10.8 Å². The smallest absolute Gasteiger partial charge is 0.267 e. The van der Waals surface area contributed by atoms with Crippen molar-refractivity contribution in [3.05, 3.63) is 111 Å². The van der Waals surface area contributed by atoms with Crippen molar-refractivity contribution < 1.29 is 9.72 Å². The zero-order valence-electron chi connectivity index (χ0n) is 16.0.